The van der Waals surface area contributed by atoms with Gasteiger partial charge in [0.25, 0.3) is 5.91 Å². The van der Waals surface area contributed by atoms with E-state index in [0.717, 1.165) is 25.9 Å². The Hall–Kier alpha value is -2.48. The standard InChI is InChI=1S/C17H20N4O4/c22-15(14-9-23-12-20-14)21-10-17(11-21)8-13(3-7-25-17)2-6-24-16-18-4-1-5-19-16/h1,4-5,9,12-13H,2-3,6-8,10-11H2/t13-/m0/s1. The van der Waals surface area contributed by atoms with E-state index in [1.54, 1.807) is 23.4 Å². The maximum atomic E-state index is 12.2. The van der Waals surface area contributed by atoms with Crippen molar-refractivity contribution in [2.24, 2.45) is 5.92 Å². The van der Waals surface area contributed by atoms with Crippen LogP contribution < -0.4 is 4.74 Å². The lowest BCUT2D eigenvalue weighted by Gasteiger charge is -2.53. The van der Waals surface area contributed by atoms with Crippen molar-refractivity contribution in [3.05, 3.63) is 36.8 Å². The van der Waals surface area contributed by atoms with Crippen molar-refractivity contribution in [3.8, 4) is 6.01 Å². The molecule has 8 nitrogen and oxygen atoms in total. The largest absolute Gasteiger partial charge is 0.463 e. The van der Waals surface area contributed by atoms with Gasteiger partial charge in [-0.05, 0) is 31.2 Å². The Morgan fingerprint density at radius 1 is 1.32 bits per heavy atom. The zero-order valence-electron chi connectivity index (χ0n) is 13.8. The third kappa shape index (κ3) is 3.48. The third-order valence-electron chi connectivity index (χ3n) is 4.79. The van der Waals surface area contributed by atoms with Crippen LogP contribution in [0.25, 0.3) is 0 Å². The molecule has 0 N–H and O–H groups in total. The average Bonchev–Trinajstić information content (AvgIpc) is 3.15. The molecule has 2 aromatic rings. The second kappa shape index (κ2) is 6.79. The summed E-state index contributed by atoms with van der Waals surface area (Å²) in [6, 6.07) is 2.18. The summed E-state index contributed by atoms with van der Waals surface area (Å²) in [4.78, 5) is 26.0. The van der Waals surface area contributed by atoms with Crippen LogP contribution in [0.1, 0.15) is 29.8 Å². The number of nitrogens with zero attached hydrogens (tertiary/aromatic N) is 4. The SMILES string of the molecule is O=C(c1cocn1)N1CC2(C[C@@H](CCOc3ncccn3)CCO2)C1. The van der Waals surface area contributed by atoms with E-state index >= 15 is 0 Å². The predicted molar refractivity (Wildman–Crippen MR) is 86.0 cm³/mol. The molecule has 2 aliphatic rings. The summed E-state index contributed by atoms with van der Waals surface area (Å²) in [6.45, 7) is 2.53. The number of oxazole rings is 1. The van der Waals surface area contributed by atoms with Crippen LogP contribution in [-0.4, -0.2) is 57.7 Å². The number of amides is 1. The van der Waals surface area contributed by atoms with Crippen molar-refractivity contribution in [1.29, 1.82) is 0 Å². The minimum absolute atomic E-state index is 0.102. The molecular formula is C17H20N4O4. The summed E-state index contributed by atoms with van der Waals surface area (Å²) in [5.41, 5.74) is 0.129. The highest BCUT2D eigenvalue weighted by Crippen LogP contribution is 2.38. The highest BCUT2D eigenvalue weighted by Gasteiger charge is 2.49. The molecule has 132 valence electrons. The van der Waals surface area contributed by atoms with Crippen LogP contribution >= 0.6 is 0 Å². The number of carbonyl (C=O) groups excluding carboxylic acids is 1. The predicted octanol–water partition coefficient (Wildman–Crippen LogP) is 1.55. The Bertz CT molecular complexity index is 701. The zero-order valence-corrected chi connectivity index (χ0v) is 13.8. The van der Waals surface area contributed by atoms with Crippen LogP contribution in [0.4, 0.5) is 0 Å². The van der Waals surface area contributed by atoms with Crippen molar-refractivity contribution >= 4 is 5.91 Å². The molecule has 0 unspecified atom stereocenters. The maximum absolute atomic E-state index is 12.2. The van der Waals surface area contributed by atoms with Crippen LogP contribution in [0.5, 0.6) is 6.01 Å². The van der Waals surface area contributed by atoms with Gasteiger partial charge < -0.3 is 18.8 Å². The van der Waals surface area contributed by atoms with Gasteiger partial charge in [0.05, 0.1) is 19.7 Å². The fourth-order valence-corrected chi connectivity index (χ4v) is 3.55. The summed E-state index contributed by atoms with van der Waals surface area (Å²) in [7, 11) is 0. The number of hydrogen-bond donors (Lipinski definition) is 0. The summed E-state index contributed by atoms with van der Waals surface area (Å²) in [5, 5.41) is 0. The lowest BCUT2D eigenvalue weighted by atomic mass is 9.79. The van der Waals surface area contributed by atoms with Gasteiger partial charge in [0.1, 0.15) is 11.9 Å². The van der Waals surface area contributed by atoms with Gasteiger partial charge in [-0.25, -0.2) is 15.0 Å². The first-order valence-electron chi connectivity index (χ1n) is 8.45. The van der Waals surface area contributed by atoms with E-state index in [2.05, 4.69) is 15.0 Å². The van der Waals surface area contributed by atoms with Gasteiger partial charge in [-0.2, -0.15) is 0 Å². The van der Waals surface area contributed by atoms with E-state index in [-0.39, 0.29) is 11.5 Å². The average molecular weight is 344 g/mol. The molecular weight excluding hydrogens is 324 g/mol. The van der Waals surface area contributed by atoms with E-state index in [4.69, 9.17) is 13.9 Å². The number of aromatic nitrogens is 3. The summed E-state index contributed by atoms with van der Waals surface area (Å²) >= 11 is 0. The Morgan fingerprint density at radius 2 is 2.16 bits per heavy atom. The Kier molecular flexibility index (Phi) is 4.35. The van der Waals surface area contributed by atoms with Crippen LogP contribution in [0.15, 0.2) is 35.5 Å². The summed E-state index contributed by atoms with van der Waals surface area (Å²) in [5.74, 6) is 0.413. The minimum Gasteiger partial charge on any atom is -0.463 e. The molecule has 1 spiro atoms. The normalized spacial score (nSPS) is 21.8. The smallest absolute Gasteiger partial charge is 0.316 e. The molecule has 0 saturated carbocycles. The lowest BCUT2D eigenvalue weighted by Crippen LogP contribution is -2.66. The second-order valence-corrected chi connectivity index (χ2v) is 6.59. The monoisotopic (exact) mass is 344 g/mol. The number of ether oxygens (including phenoxy) is 2. The van der Waals surface area contributed by atoms with Crippen LogP contribution in [-0.2, 0) is 4.74 Å². The molecule has 25 heavy (non-hydrogen) atoms. The first-order valence-corrected chi connectivity index (χ1v) is 8.45. The molecule has 4 heterocycles. The Labute approximate surface area is 145 Å². The van der Waals surface area contributed by atoms with Crippen LogP contribution in [0.2, 0.25) is 0 Å². The van der Waals surface area contributed by atoms with Crippen molar-refractivity contribution in [2.75, 3.05) is 26.3 Å². The molecule has 2 aromatic heterocycles. The molecule has 0 radical (unpaired) electrons. The maximum Gasteiger partial charge on any atom is 0.316 e. The molecule has 2 saturated heterocycles. The number of carbonyl (C=O) groups is 1. The molecule has 0 aliphatic carbocycles. The van der Waals surface area contributed by atoms with Crippen molar-refractivity contribution in [2.45, 2.75) is 24.9 Å². The number of rotatable bonds is 5. The van der Waals surface area contributed by atoms with Gasteiger partial charge >= 0.3 is 6.01 Å². The van der Waals surface area contributed by atoms with E-state index < -0.39 is 0 Å². The molecule has 8 heteroatoms. The van der Waals surface area contributed by atoms with Gasteiger partial charge in [0, 0.05) is 19.0 Å². The molecule has 1 atom stereocenters. The first kappa shape index (κ1) is 16.0. The van der Waals surface area contributed by atoms with Crippen LogP contribution in [0, 0.1) is 5.92 Å². The first-order chi connectivity index (χ1) is 12.2. The number of likely N-dealkylation sites (tertiary alicyclic amines) is 1. The van der Waals surface area contributed by atoms with Gasteiger partial charge in [-0.15, -0.1) is 0 Å². The molecule has 4 rings (SSSR count). The minimum atomic E-state index is -0.217. The highest BCUT2D eigenvalue weighted by atomic mass is 16.5. The molecule has 2 fully saturated rings. The topological polar surface area (TPSA) is 90.6 Å². The lowest BCUT2D eigenvalue weighted by molar-refractivity contribution is -0.166. The summed E-state index contributed by atoms with van der Waals surface area (Å²) < 4.78 is 16.5. The van der Waals surface area contributed by atoms with Gasteiger partial charge in [-0.3, -0.25) is 4.79 Å². The van der Waals surface area contributed by atoms with Crippen molar-refractivity contribution < 1.29 is 18.7 Å². The van der Waals surface area contributed by atoms with Gasteiger partial charge in [0.15, 0.2) is 12.1 Å². The van der Waals surface area contributed by atoms with E-state index in [1.807, 2.05) is 0 Å². The molecule has 2 aliphatic heterocycles. The molecule has 0 bridgehead atoms. The van der Waals surface area contributed by atoms with Gasteiger partial charge in [0.2, 0.25) is 0 Å². The van der Waals surface area contributed by atoms with E-state index in [1.165, 1.54) is 12.7 Å². The Balaban J connectivity index is 1.25. The highest BCUT2D eigenvalue weighted by molar-refractivity contribution is 5.92. The fourth-order valence-electron chi connectivity index (χ4n) is 3.55. The summed E-state index contributed by atoms with van der Waals surface area (Å²) in [6.07, 6.45) is 8.86. The second-order valence-electron chi connectivity index (χ2n) is 6.59. The molecule has 0 aromatic carbocycles. The van der Waals surface area contributed by atoms with E-state index in [9.17, 15) is 4.79 Å². The van der Waals surface area contributed by atoms with Crippen molar-refractivity contribution in [3.63, 3.8) is 0 Å². The van der Waals surface area contributed by atoms with Gasteiger partial charge in [-0.1, -0.05) is 0 Å². The molecule has 1 amide bonds. The van der Waals surface area contributed by atoms with Crippen molar-refractivity contribution in [1.82, 2.24) is 19.9 Å². The zero-order chi connectivity index (χ0) is 17.1. The number of hydrogen-bond acceptors (Lipinski definition) is 7. The fraction of sp³-hybridized carbons (Fsp3) is 0.529. The van der Waals surface area contributed by atoms with Crippen LogP contribution in [0.3, 0.4) is 0 Å². The van der Waals surface area contributed by atoms with E-state index in [0.29, 0.717) is 37.3 Å². The third-order valence-corrected chi connectivity index (χ3v) is 4.79. The quantitative estimate of drug-likeness (QED) is 0.813. The Morgan fingerprint density at radius 3 is 2.92 bits per heavy atom.